The predicted octanol–water partition coefficient (Wildman–Crippen LogP) is 5.11. The van der Waals surface area contributed by atoms with E-state index in [4.69, 9.17) is 23.2 Å². The number of allylic oxidation sites excluding steroid dienone is 1. The van der Waals surface area contributed by atoms with Gasteiger partial charge in [-0.2, -0.15) is 5.26 Å². The molecular formula is C15H8Cl2FN. The standard InChI is InChI=1S/C15H8Cl2FN/c16-11-6-7-14(18)12(8-11)15(17)13(9-19)10-4-2-1-3-5-10/h1-8H. The van der Waals surface area contributed by atoms with Gasteiger partial charge in [-0.1, -0.05) is 53.5 Å². The van der Waals surface area contributed by atoms with Crippen LogP contribution in [0.3, 0.4) is 0 Å². The Hall–Kier alpha value is -1.82. The molecule has 0 atom stereocenters. The van der Waals surface area contributed by atoms with Crippen molar-refractivity contribution in [1.29, 1.82) is 5.26 Å². The summed E-state index contributed by atoms with van der Waals surface area (Å²) >= 11 is 12.0. The van der Waals surface area contributed by atoms with E-state index in [1.54, 1.807) is 24.3 Å². The van der Waals surface area contributed by atoms with Gasteiger partial charge in [-0.3, -0.25) is 0 Å². The number of benzene rings is 2. The third kappa shape index (κ3) is 2.96. The monoisotopic (exact) mass is 291 g/mol. The van der Waals surface area contributed by atoms with Gasteiger partial charge in [0.05, 0.1) is 10.6 Å². The van der Waals surface area contributed by atoms with Gasteiger partial charge in [0.1, 0.15) is 11.9 Å². The first-order valence-corrected chi connectivity index (χ1v) is 6.20. The lowest BCUT2D eigenvalue weighted by atomic mass is 10.0. The van der Waals surface area contributed by atoms with Crippen LogP contribution in [-0.2, 0) is 0 Å². The molecule has 0 unspecified atom stereocenters. The molecule has 0 spiro atoms. The fourth-order valence-corrected chi connectivity index (χ4v) is 2.11. The molecule has 0 fully saturated rings. The van der Waals surface area contributed by atoms with Gasteiger partial charge in [0.15, 0.2) is 0 Å². The highest BCUT2D eigenvalue weighted by Gasteiger charge is 2.13. The Morgan fingerprint density at radius 3 is 2.42 bits per heavy atom. The van der Waals surface area contributed by atoms with Gasteiger partial charge in [0, 0.05) is 10.6 Å². The van der Waals surface area contributed by atoms with Crippen LogP contribution >= 0.6 is 23.2 Å². The summed E-state index contributed by atoms with van der Waals surface area (Å²) in [5.74, 6) is -0.516. The van der Waals surface area contributed by atoms with E-state index < -0.39 is 5.82 Å². The van der Waals surface area contributed by atoms with Crippen molar-refractivity contribution >= 4 is 33.8 Å². The molecule has 0 aliphatic rings. The maximum Gasteiger partial charge on any atom is 0.132 e. The minimum atomic E-state index is -0.516. The summed E-state index contributed by atoms with van der Waals surface area (Å²) in [5.41, 5.74) is 0.965. The molecule has 2 aromatic rings. The molecule has 0 bridgehead atoms. The summed E-state index contributed by atoms with van der Waals surface area (Å²) in [6.07, 6.45) is 0. The van der Waals surface area contributed by atoms with Crippen LogP contribution in [0.2, 0.25) is 5.02 Å². The molecule has 94 valence electrons. The number of nitriles is 1. The Morgan fingerprint density at radius 2 is 1.79 bits per heavy atom. The van der Waals surface area contributed by atoms with Crippen molar-refractivity contribution in [3.05, 3.63) is 70.5 Å². The largest absolute Gasteiger partial charge is 0.206 e. The normalized spacial score (nSPS) is 11.7. The van der Waals surface area contributed by atoms with Crippen LogP contribution in [-0.4, -0.2) is 0 Å². The lowest BCUT2D eigenvalue weighted by Crippen LogP contribution is -1.90. The molecule has 0 radical (unpaired) electrons. The van der Waals surface area contributed by atoms with E-state index >= 15 is 0 Å². The smallest absolute Gasteiger partial charge is 0.132 e. The summed E-state index contributed by atoms with van der Waals surface area (Å²) < 4.78 is 13.7. The van der Waals surface area contributed by atoms with Crippen molar-refractivity contribution in [3.8, 4) is 6.07 Å². The Bertz CT molecular complexity index is 672. The van der Waals surface area contributed by atoms with Gasteiger partial charge in [0.2, 0.25) is 0 Å². The van der Waals surface area contributed by atoms with Gasteiger partial charge < -0.3 is 0 Å². The number of rotatable bonds is 2. The molecule has 19 heavy (non-hydrogen) atoms. The zero-order valence-corrected chi connectivity index (χ0v) is 11.2. The van der Waals surface area contributed by atoms with E-state index in [0.29, 0.717) is 10.6 Å². The predicted molar refractivity (Wildman–Crippen MR) is 76.1 cm³/mol. The summed E-state index contributed by atoms with van der Waals surface area (Å²) in [5, 5.41) is 9.63. The van der Waals surface area contributed by atoms with Crippen molar-refractivity contribution in [2.45, 2.75) is 0 Å². The van der Waals surface area contributed by atoms with Gasteiger partial charge in [-0.05, 0) is 23.8 Å². The zero-order valence-electron chi connectivity index (χ0n) is 9.70. The Kier molecular flexibility index (Phi) is 4.21. The second kappa shape index (κ2) is 5.88. The van der Waals surface area contributed by atoms with Crippen LogP contribution in [0.1, 0.15) is 11.1 Å². The van der Waals surface area contributed by atoms with Gasteiger partial charge >= 0.3 is 0 Å². The fourth-order valence-electron chi connectivity index (χ4n) is 1.65. The van der Waals surface area contributed by atoms with Crippen molar-refractivity contribution < 1.29 is 4.39 Å². The maximum atomic E-state index is 13.7. The molecule has 0 aliphatic carbocycles. The van der Waals surface area contributed by atoms with Crippen LogP contribution < -0.4 is 0 Å². The minimum Gasteiger partial charge on any atom is -0.206 e. The highest BCUT2D eigenvalue weighted by molar-refractivity contribution is 6.53. The van der Waals surface area contributed by atoms with Crippen molar-refractivity contribution in [1.82, 2.24) is 0 Å². The first kappa shape index (κ1) is 13.6. The summed E-state index contributed by atoms with van der Waals surface area (Å²) in [6.45, 7) is 0. The van der Waals surface area contributed by atoms with Crippen LogP contribution in [0, 0.1) is 17.1 Å². The van der Waals surface area contributed by atoms with Crippen LogP contribution in [0.15, 0.2) is 48.5 Å². The highest BCUT2D eigenvalue weighted by atomic mass is 35.5. The van der Waals surface area contributed by atoms with E-state index in [-0.39, 0.29) is 16.2 Å². The average Bonchev–Trinajstić information content (AvgIpc) is 2.43. The van der Waals surface area contributed by atoms with Crippen LogP contribution in [0.25, 0.3) is 10.6 Å². The molecule has 1 nitrogen and oxygen atoms in total. The average molecular weight is 292 g/mol. The first-order valence-electron chi connectivity index (χ1n) is 5.44. The van der Waals surface area contributed by atoms with E-state index in [1.165, 1.54) is 18.2 Å². The maximum absolute atomic E-state index is 13.7. The number of halogens is 3. The van der Waals surface area contributed by atoms with Crippen LogP contribution in [0.5, 0.6) is 0 Å². The molecule has 2 aromatic carbocycles. The fraction of sp³-hybridized carbons (Fsp3) is 0. The van der Waals surface area contributed by atoms with E-state index in [9.17, 15) is 9.65 Å². The SMILES string of the molecule is N#CC(=C(Cl)c1cc(Cl)ccc1F)c1ccccc1. The van der Waals surface area contributed by atoms with Crippen LogP contribution in [0.4, 0.5) is 4.39 Å². The molecule has 0 aromatic heterocycles. The second-order valence-corrected chi connectivity index (χ2v) is 4.61. The van der Waals surface area contributed by atoms with E-state index in [0.717, 1.165) is 0 Å². The van der Waals surface area contributed by atoms with Gasteiger partial charge in [-0.15, -0.1) is 0 Å². The Morgan fingerprint density at radius 1 is 1.11 bits per heavy atom. The molecular weight excluding hydrogens is 284 g/mol. The number of nitrogens with zero attached hydrogens (tertiary/aromatic N) is 1. The number of hydrogen-bond donors (Lipinski definition) is 0. The Labute approximate surface area is 120 Å². The number of hydrogen-bond acceptors (Lipinski definition) is 1. The van der Waals surface area contributed by atoms with Crippen molar-refractivity contribution in [3.63, 3.8) is 0 Å². The van der Waals surface area contributed by atoms with Gasteiger partial charge in [0.25, 0.3) is 0 Å². The molecule has 0 amide bonds. The van der Waals surface area contributed by atoms with Crippen molar-refractivity contribution in [2.24, 2.45) is 0 Å². The van der Waals surface area contributed by atoms with E-state index in [2.05, 4.69) is 0 Å². The second-order valence-electron chi connectivity index (χ2n) is 3.79. The molecule has 0 saturated carbocycles. The Balaban J connectivity index is 2.62. The summed E-state index contributed by atoms with van der Waals surface area (Å²) in [6, 6.07) is 14.9. The quantitative estimate of drug-likeness (QED) is 0.557. The molecule has 0 saturated heterocycles. The summed E-state index contributed by atoms with van der Waals surface area (Å²) in [7, 11) is 0. The minimum absolute atomic E-state index is 0.0497. The van der Waals surface area contributed by atoms with Crippen molar-refractivity contribution in [2.75, 3.05) is 0 Å². The zero-order chi connectivity index (χ0) is 13.8. The summed E-state index contributed by atoms with van der Waals surface area (Å²) in [4.78, 5) is 0. The van der Waals surface area contributed by atoms with Gasteiger partial charge in [-0.25, -0.2) is 4.39 Å². The molecule has 0 N–H and O–H groups in total. The topological polar surface area (TPSA) is 23.8 Å². The highest BCUT2D eigenvalue weighted by Crippen LogP contribution is 2.32. The molecule has 0 aliphatic heterocycles. The third-order valence-electron chi connectivity index (χ3n) is 2.56. The molecule has 0 heterocycles. The lowest BCUT2D eigenvalue weighted by molar-refractivity contribution is 0.625. The van der Waals surface area contributed by atoms with E-state index in [1.807, 2.05) is 12.1 Å². The molecule has 4 heteroatoms. The third-order valence-corrected chi connectivity index (χ3v) is 3.19. The lowest BCUT2D eigenvalue weighted by Gasteiger charge is -2.06. The molecule has 2 rings (SSSR count). The first-order chi connectivity index (χ1) is 9.13.